The Kier molecular flexibility index (Phi) is 6.19. The van der Waals surface area contributed by atoms with E-state index in [1.54, 1.807) is 25.3 Å². The lowest BCUT2D eigenvalue weighted by Crippen LogP contribution is -2.36. The van der Waals surface area contributed by atoms with Crippen LogP contribution in [0.25, 0.3) is 0 Å². The van der Waals surface area contributed by atoms with Gasteiger partial charge in [0.25, 0.3) is 0 Å². The van der Waals surface area contributed by atoms with Crippen LogP contribution in [0.4, 0.5) is 0 Å². The van der Waals surface area contributed by atoms with Crippen molar-refractivity contribution in [1.82, 2.24) is 9.62 Å². The Labute approximate surface area is 160 Å². The smallest absolute Gasteiger partial charge is 0.240 e. The second kappa shape index (κ2) is 8.39. The van der Waals surface area contributed by atoms with Crippen LogP contribution in [0.5, 0.6) is 5.75 Å². The molecule has 0 amide bonds. The van der Waals surface area contributed by atoms with Crippen molar-refractivity contribution in [2.24, 2.45) is 0 Å². The average molecular weight is 395 g/mol. The lowest BCUT2D eigenvalue weighted by atomic mass is 10.1. The second-order valence-corrected chi connectivity index (χ2v) is 8.55. The van der Waals surface area contributed by atoms with Gasteiger partial charge in [-0.1, -0.05) is 29.8 Å². The molecular formula is C19H23ClN2O3S. The Morgan fingerprint density at radius 3 is 2.58 bits per heavy atom. The average Bonchev–Trinajstić information content (AvgIpc) is 3.16. The van der Waals surface area contributed by atoms with Gasteiger partial charge in [0.2, 0.25) is 10.0 Å². The van der Waals surface area contributed by atoms with Crippen LogP contribution in [0.15, 0.2) is 53.4 Å². The van der Waals surface area contributed by atoms with Crippen LogP contribution in [0.3, 0.4) is 0 Å². The lowest BCUT2D eigenvalue weighted by molar-refractivity contribution is 0.246. The zero-order valence-electron chi connectivity index (χ0n) is 14.7. The van der Waals surface area contributed by atoms with Crippen LogP contribution in [-0.4, -0.2) is 40.1 Å². The number of halogens is 1. The fourth-order valence-electron chi connectivity index (χ4n) is 3.27. The molecule has 3 rings (SSSR count). The van der Waals surface area contributed by atoms with Gasteiger partial charge in [-0.15, -0.1) is 0 Å². The first kappa shape index (κ1) is 19.2. The standard InChI is InChI=1S/C19H23ClN2O3S/c1-25-17-8-4-6-15(12-17)19(22-10-2-3-11-22)14-21-26(23,24)18-9-5-7-16(20)13-18/h4-9,12-13,19,21H,2-3,10-11,14H2,1H3. The van der Waals surface area contributed by atoms with Gasteiger partial charge in [-0.05, 0) is 61.8 Å². The molecule has 2 aromatic rings. The minimum Gasteiger partial charge on any atom is -0.497 e. The molecule has 7 heteroatoms. The largest absolute Gasteiger partial charge is 0.497 e. The number of nitrogens with zero attached hydrogens (tertiary/aromatic N) is 1. The molecule has 0 radical (unpaired) electrons. The number of nitrogens with one attached hydrogen (secondary N) is 1. The second-order valence-electron chi connectivity index (χ2n) is 6.34. The van der Waals surface area contributed by atoms with Crippen molar-refractivity contribution in [1.29, 1.82) is 0 Å². The normalized spacial score (nSPS) is 16.5. The van der Waals surface area contributed by atoms with E-state index in [9.17, 15) is 8.42 Å². The molecule has 0 aliphatic carbocycles. The number of ether oxygens (including phenoxy) is 1. The third-order valence-corrected chi connectivity index (χ3v) is 6.29. The van der Waals surface area contributed by atoms with E-state index in [1.165, 1.54) is 6.07 Å². The lowest BCUT2D eigenvalue weighted by Gasteiger charge is -2.28. The Hall–Kier alpha value is -1.60. The zero-order valence-corrected chi connectivity index (χ0v) is 16.3. The fraction of sp³-hybridized carbons (Fsp3) is 0.368. The summed E-state index contributed by atoms with van der Waals surface area (Å²) < 4.78 is 33.4. The zero-order chi connectivity index (χ0) is 18.6. The van der Waals surface area contributed by atoms with Gasteiger partial charge in [0, 0.05) is 17.6 Å². The summed E-state index contributed by atoms with van der Waals surface area (Å²) in [5.41, 5.74) is 1.04. The topological polar surface area (TPSA) is 58.6 Å². The summed E-state index contributed by atoms with van der Waals surface area (Å²) in [6.45, 7) is 2.21. The van der Waals surface area contributed by atoms with Crippen LogP contribution in [-0.2, 0) is 10.0 Å². The van der Waals surface area contributed by atoms with Crippen molar-refractivity contribution >= 4 is 21.6 Å². The number of benzene rings is 2. The first-order chi connectivity index (χ1) is 12.5. The number of hydrogen-bond acceptors (Lipinski definition) is 4. The van der Waals surface area contributed by atoms with E-state index in [-0.39, 0.29) is 10.9 Å². The van der Waals surface area contributed by atoms with Gasteiger partial charge >= 0.3 is 0 Å². The highest BCUT2D eigenvalue weighted by Gasteiger charge is 2.26. The van der Waals surface area contributed by atoms with Gasteiger partial charge in [-0.3, -0.25) is 4.90 Å². The van der Waals surface area contributed by atoms with Gasteiger partial charge in [0.05, 0.1) is 12.0 Å². The highest BCUT2D eigenvalue weighted by atomic mass is 35.5. The van der Waals surface area contributed by atoms with Gasteiger partial charge in [-0.25, -0.2) is 13.1 Å². The number of rotatable bonds is 7. The summed E-state index contributed by atoms with van der Waals surface area (Å²) in [5.74, 6) is 0.768. The molecule has 1 N–H and O–H groups in total. The Balaban J connectivity index is 1.81. The molecule has 2 aromatic carbocycles. The first-order valence-electron chi connectivity index (χ1n) is 8.63. The Morgan fingerprint density at radius 1 is 1.15 bits per heavy atom. The maximum absolute atomic E-state index is 12.6. The highest BCUT2D eigenvalue weighted by Crippen LogP contribution is 2.27. The minimum absolute atomic E-state index is 0.0402. The quantitative estimate of drug-likeness (QED) is 0.781. The van der Waals surface area contributed by atoms with E-state index in [4.69, 9.17) is 16.3 Å². The molecular weight excluding hydrogens is 372 g/mol. The first-order valence-corrected chi connectivity index (χ1v) is 10.5. The van der Waals surface area contributed by atoms with Crippen LogP contribution < -0.4 is 9.46 Å². The van der Waals surface area contributed by atoms with Gasteiger partial charge in [-0.2, -0.15) is 0 Å². The third-order valence-electron chi connectivity index (χ3n) is 4.63. The van der Waals surface area contributed by atoms with E-state index >= 15 is 0 Å². The van der Waals surface area contributed by atoms with E-state index in [2.05, 4.69) is 9.62 Å². The van der Waals surface area contributed by atoms with Crippen molar-refractivity contribution in [3.05, 3.63) is 59.1 Å². The molecule has 0 spiro atoms. The molecule has 1 fully saturated rings. The van der Waals surface area contributed by atoms with E-state index in [0.717, 1.165) is 37.2 Å². The monoisotopic (exact) mass is 394 g/mol. The molecule has 0 saturated carbocycles. The molecule has 140 valence electrons. The predicted molar refractivity (Wildman–Crippen MR) is 103 cm³/mol. The molecule has 1 saturated heterocycles. The van der Waals surface area contributed by atoms with Crippen LogP contribution >= 0.6 is 11.6 Å². The molecule has 0 aromatic heterocycles. The fourth-order valence-corrected chi connectivity index (χ4v) is 4.60. The number of hydrogen-bond donors (Lipinski definition) is 1. The number of methoxy groups -OCH3 is 1. The van der Waals surface area contributed by atoms with Crippen molar-refractivity contribution in [2.45, 2.75) is 23.8 Å². The molecule has 26 heavy (non-hydrogen) atoms. The van der Waals surface area contributed by atoms with E-state index in [0.29, 0.717) is 11.6 Å². The van der Waals surface area contributed by atoms with Gasteiger partial charge in [0.15, 0.2) is 0 Å². The Morgan fingerprint density at radius 2 is 1.88 bits per heavy atom. The number of likely N-dealkylation sites (tertiary alicyclic amines) is 1. The van der Waals surface area contributed by atoms with Crippen molar-refractivity contribution in [3.8, 4) is 5.75 Å². The molecule has 1 atom stereocenters. The molecule has 0 bridgehead atoms. The molecule has 1 aliphatic heterocycles. The summed E-state index contributed by atoms with van der Waals surface area (Å²) in [5, 5.41) is 0.400. The number of sulfonamides is 1. The summed E-state index contributed by atoms with van der Waals surface area (Å²) in [6, 6.07) is 14.1. The van der Waals surface area contributed by atoms with Crippen LogP contribution in [0.2, 0.25) is 5.02 Å². The maximum Gasteiger partial charge on any atom is 0.240 e. The van der Waals surface area contributed by atoms with Crippen LogP contribution in [0.1, 0.15) is 24.4 Å². The Bertz CT molecular complexity index is 851. The molecule has 1 aliphatic rings. The summed E-state index contributed by atoms with van der Waals surface area (Å²) >= 11 is 5.93. The summed E-state index contributed by atoms with van der Waals surface area (Å²) in [7, 11) is -1.99. The summed E-state index contributed by atoms with van der Waals surface area (Å²) in [6.07, 6.45) is 2.25. The van der Waals surface area contributed by atoms with E-state index < -0.39 is 10.0 Å². The SMILES string of the molecule is COc1cccc(C(CNS(=O)(=O)c2cccc(Cl)c2)N2CCCC2)c1. The van der Waals surface area contributed by atoms with Gasteiger partial charge in [0.1, 0.15) is 5.75 Å². The van der Waals surface area contributed by atoms with Gasteiger partial charge < -0.3 is 4.74 Å². The molecule has 1 heterocycles. The predicted octanol–water partition coefficient (Wildman–Crippen LogP) is 3.46. The van der Waals surface area contributed by atoms with Crippen molar-refractivity contribution < 1.29 is 13.2 Å². The molecule has 5 nitrogen and oxygen atoms in total. The highest BCUT2D eigenvalue weighted by molar-refractivity contribution is 7.89. The van der Waals surface area contributed by atoms with Crippen molar-refractivity contribution in [3.63, 3.8) is 0 Å². The third kappa shape index (κ3) is 4.57. The molecule has 1 unspecified atom stereocenters. The van der Waals surface area contributed by atoms with E-state index in [1.807, 2.05) is 24.3 Å². The van der Waals surface area contributed by atoms with Crippen LogP contribution in [0, 0.1) is 0 Å². The minimum atomic E-state index is -3.62. The maximum atomic E-state index is 12.6. The van der Waals surface area contributed by atoms with Crippen molar-refractivity contribution in [2.75, 3.05) is 26.7 Å². The summed E-state index contributed by atoms with van der Waals surface area (Å²) in [4.78, 5) is 2.49.